The average molecular weight is 463 g/mol. The lowest BCUT2D eigenvalue weighted by Crippen LogP contribution is -2.20. The van der Waals surface area contributed by atoms with E-state index in [1.807, 2.05) is 37.3 Å². The maximum atomic E-state index is 12.7. The van der Waals surface area contributed by atoms with Gasteiger partial charge in [-0.05, 0) is 43.2 Å². The summed E-state index contributed by atoms with van der Waals surface area (Å²) in [5.41, 5.74) is 1.91. The SMILES string of the molecule is CC[C@H](C(=O)Nc1ccc(C(=O)OCc2cc(=O)n3nc(C)sc3n2)cc1)c1ccccc1. The molecule has 0 aliphatic carbocycles. The Morgan fingerprint density at radius 3 is 2.55 bits per heavy atom. The molecule has 33 heavy (non-hydrogen) atoms. The molecule has 1 N–H and O–H groups in total. The molecular formula is C24H22N4O4S. The zero-order valence-corrected chi connectivity index (χ0v) is 19.0. The topological polar surface area (TPSA) is 103 Å². The molecule has 0 aliphatic heterocycles. The third-order valence-corrected chi connectivity index (χ3v) is 5.89. The van der Waals surface area contributed by atoms with Gasteiger partial charge in [-0.15, -0.1) is 0 Å². The Hall–Kier alpha value is -3.85. The van der Waals surface area contributed by atoms with Crippen LogP contribution in [0.4, 0.5) is 5.69 Å². The lowest BCUT2D eigenvalue weighted by molar-refractivity contribution is -0.117. The number of carbonyl (C=O) groups excluding carboxylic acids is 2. The van der Waals surface area contributed by atoms with Gasteiger partial charge in [0.15, 0.2) is 0 Å². The fourth-order valence-electron chi connectivity index (χ4n) is 3.43. The maximum absolute atomic E-state index is 12.7. The molecule has 4 aromatic rings. The summed E-state index contributed by atoms with van der Waals surface area (Å²) >= 11 is 1.29. The van der Waals surface area contributed by atoms with Gasteiger partial charge >= 0.3 is 5.97 Å². The Kier molecular flexibility index (Phi) is 6.60. The zero-order chi connectivity index (χ0) is 23.4. The van der Waals surface area contributed by atoms with Crippen LogP contribution >= 0.6 is 11.3 Å². The molecule has 1 amide bonds. The number of amides is 1. The molecule has 168 valence electrons. The molecule has 0 fully saturated rings. The number of aryl methyl sites for hydroxylation is 1. The van der Waals surface area contributed by atoms with E-state index in [9.17, 15) is 14.4 Å². The van der Waals surface area contributed by atoms with Gasteiger partial charge in [0.1, 0.15) is 11.6 Å². The van der Waals surface area contributed by atoms with Gasteiger partial charge in [-0.2, -0.15) is 9.61 Å². The number of nitrogens with zero attached hydrogens (tertiary/aromatic N) is 3. The molecule has 0 aliphatic rings. The van der Waals surface area contributed by atoms with Crippen molar-refractivity contribution in [2.24, 2.45) is 0 Å². The highest BCUT2D eigenvalue weighted by atomic mass is 32.1. The van der Waals surface area contributed by atoms with Gasteiger partial charge in [-0.1, -0.05) is 48.6 Å². The Morgan fingerprint density at radius 2 is 1.85 bits per heavy atom. The number of benzene rings is 2. The molecule has 1 atom stereocenters. The Balaban J connectivity index is 1.38. The normalized spacial score (nSPS) is 11.8. The van der Waals surface area contributed by atoms with Crippen molar-refractivity contribution in [1.29, 1.82) is 0 Å². The molecule has 0 saturated carbocycles. The quantitative estimate of drug-likeness (QED) is 0.417. The second-order valence-electron chi connectivity index (χ2n) is 7.42. The number of ether oxygens (including phenoxy) is 1. The van der Waals surface area contributed by atoms with Gasteiger partial charge in [0.2, 0.25) is 10.9 Å². The summed E-state index contributed by atoms with van der Waals surface area (Å²) < 4.78 is 6.53. The highest BCUT2D eigenvalue weighted by Gasteiger charge is 2.19. The van der Waals surface area contributed by atoms with Gasteiger partial charge in [0.05, 0.1) is 17.2 Å². The van der Waals surface area contributed by atoms with E-state index in [2.05, 4.69) is 15.4 Å². The number of nitrogens with one attached hydrogen (secondary N) is 1. The third-order valence-electron chi connectivity index (χ3n) is 5.07. The van der Waals surface area contributed by atoms with Gasteiger partial charge in [-0.25, -0.2) is 9.78 Å². The fourth-order valence-corrected chi connectivity index (χ4v) is 4.19. The van der Waals surface area contributed by atoms with Crippen molar-refractivity contribution in [1.82, 2.24) is 14.6 Å². The summed E-state index contributed by atoms with van der Waals surface area (Å²) in [6.07, 6.45) is 0.671. The van der Waals surface area contributed by atoms with E-state index in [0.29, 0.717) is 28.3 Å². The monoisotopic (exact) mass is 462 g/mol. The Bertz CT molecular complexity index is 1350. The molecule has 9 heteroatoms. The van der Waals surface area contributed by atoms with Crippen molar-refractivity contribution in [2.75, 3.05) is 5.32 Å². The summed E-state index contributed by atoms with van der Waals surface area (Å²) in [5.74, 6) is -0.914. The number of esters is 1. The smallest absolute Gasteiger partial charge is 0.338 e. The van der Waals surface area contributed by atoms with Crippen molar-refractivity contribution < 1.29 is 14.3 Å². The van der Waals surface area contributed by atoms with Crippen molar-refractivity contribution in [3.05, 3.63) is 92.8 Å². The van der Waals surface area contributed by atoms with Gasteiger partial charge in [0.25, 0.3) is 5.56 Å². The minimum absolute atomic E-state index is 0.106. The first-order chi connectivity index (χ1) is 15.9. The van der Waals surface area contributed by atoms with Crippen molar-refractivity contribution in [2.45, 2.75) is 32.8 Å². The molecule has 4 rings (SSSR count). The number of rotatable bonds is 7. The van der Waals surface area contributed by atoms with Gasteiger partial charge in [-0.3, -0.25) is 9.59 Å². The molecule has 8 nitrogen and oxygen atoms in total. The number of hydrogen-bond donors (Lipinski definition) is 1. The second kappa shape index (κ2) is 9.74. The van der Waals surface area contributed by atoms with E-state index >= 15 is 0 Å². The average Bonchev–Trinajstić information content (AvgIpc) is 3.20. The van der Waals surface area contributed by atoms with Gasteiger partial charge < -0.3 is 10.1 Å². The first kappa shape index (κ1) is 22.3. The molecule has 2 aromatic carbocycles. The molecule has 0 bridgehead atoms. The first-order valence-electron chi connectivity index (χ1n) is 10.4. The largest absolute Gasteiger partial charge is 0.456 e. The van der Waals surface area contributed by atoms with Crippen LogP contribution in [0.1, 0.15) is 45.9 Å². The van der Waals surface area contributed by atoms with Crippen LogP contribution in [0.5, 0.6) is 0 Å². The Morgan fingerprint density at radius 1 is 1.12 bits per heavy atom. The van der Waals surface area contributed by atoms with E-state index in [4.69, 9.17) is 4.74 Å². The van der Waals surface area contributed by atoms with Crippen LogP contribution in [0, 0.1) is 6.92 Å². The van der Waals surface area contributed by atoms with Crippen LogP contribution in [0.3, 0.4) is 0 Å². The lowest BCUT2D eigenvalue weighted by atomic mass is 9.95. The predicted molar refractivity (Wildman–Crippen MR) is 126 cm³/mol. The Labute approximate surface area is 193 Å². The van der Waals surface area contributed by atoms with Crippen LogP contribution in [-0.4, -0.2) is 26.5 Å². The highest BCUT2D eigenvalue weighted by Crippen LogP contribution is 2.22. The number of anilines is 1. The maximum Gasteiger partial charge on any atom is 0.338 e. The van der Waals surface area contributed by atoms with Crippen LogP contribution in [0.25, 0.3) is 4.96 Å². The number of carbonyl (C=O) groups is 2. The molecule has 0 unspecified atom stereocenters. The van der Waals surface area contributed by atoms with Crippen molar-refractivity contribution in [3.63, 3.8) is 0 Å². The number of hydrogen-bond acceptors (Lipinski definition) is 7. The highest BCUT2D eigenvalue weighted by molar-refractivity contribution is 7.16. The molecule has 2 heterocycles. The number of fused-ring (bicyclic) bond motifs is 1. The van der Waals surface area contributed by atoms with Crippen LogP contribution < -0.4 is 10.9 Å². The number of aromatic nitrogens is 3. The zero-order valence-electron chi connectivity index (χ0n) is 18.1. The minimum atomic E-state index is -0.550. The second-order valence-corrected chi connectivity index (χ2v) is 8.58. The van der Waals surface area contributed by atoms with Gasteiger partial charge in [0, 0.05) is 11.8 Å². The summed E-state index contributed by atoms with van der Waals surface area (Å²) in [5, 5.41) is 7.70. The molecular weight excluding hydrogens is 440 g/mol. The summed E-state index contributed by atoms with van der Waals surface area (Å²) in [4.78, 5) is 42.0. The van der Waals surface area contributed by atoms with E-state index in [-0.39, 0.29) is 24.0 Å². The van der Waals surface area contributed by atoms with E-state index < -0.39 is 5.97 Å². The van der Waals surface area contributed by atoms with E-state index in [1.54, 1.807) is 31.2 Å². The standard InChI is InChI=1S/C24H22N4O4S/c1-3-20(16-7-5-4-6-8-16)22(30)25-18-11-9-17(10-12-18)23(31)32-14-19-13-21(29)28-24(26-19)33-15(2)27-28/h4-13,20H,3,14H2,1-2H3,(H,25,30)/t20-/m0/s1. The summed E-state index contributed by atoms with van der Waals surface area (Å²) in [6, 6.07) is 17.4. The van der Waals surface area contributed by atoms with Crippen LogP contribution in [0.15, 0.2) is 65.5 Å². The first-order valence-corrected chi connectivity index (χ1v) is 11.3. The van der Waals surface area contributed by atoms with Crippen LogP contribution in [0.2, 0.25) is 0 Å². The van der Waals surface area contributed by atoms with Crippen molar-refractivity contribution in [3.8, 4) is 0 Å². The lowest BCUT2D eigenvalue weighted by Gasteiger charge is -2.15. The molecule has 0 spiro atoms. The van der Waals surface area contributed by atoms with Crippen molar-refractivity contribution >= 4 is 33.9 Å². The minimum Gasteiger partial charge on any atom is -0.456 e. The molecule has 0 radical (unpaired) electrons. The summed E-state index contributed by atoms with van der Waals surface area (Å²) in [7, 11) is 0. The fraction of sp³-hybridized carbons (Fsp3) is 0.208. The molecule has 0 saturated heterocycles. The van der Waals surface area contributed by atoms with Crippen LogP contribution in [-0.2, 0) is 16.1 Å². The predicted octanol–water partition coefficient (Wildman–Crippen LogP) is 3.95. The third kappa shape index (κ3) is 5.15. The summed E-state index contributed by atoms with van der Waals surface area (Å²) in [6.45, 7) is 3.62. The van der Waals surface area contributed by atoms with E-state index in [1.165, 1.54) is 21.9 Å². The molecule has 2 aromatic heterocycles. The van der Waals surface area contributed by atoms with E-state index in [0.717, 1.165) is 10.6 Å².